The molecule has 0 spiro atoms. The molecule has 6 aliphatic carbocycles. The van der Waals surface area contributed by atoms with Crippen LogP contribution in [0.3, 0.4) is 0 Å². The monoisotopic (exact) mass is 616 g/mol. The van der Waals surface area contributed by atoms with Crippen molar-refractivity contribution >= 4 is 92.8 Å². The van der Waals surface area contributed by atoms with Gasteiger partial charge < -0.3 is 18.9 Å². The Morgan fingerprint density at radius 3 is 0.909 bits per heavy atom. The second-order valence-corrected chi connectivity index (χ2v) is 13.7. The summed E-state index contributed by atoms with van der Waals surface area (Å²) in [4.78, 5) is -5.32. The Morgan fingerprint density at radius 1 is 0.515 bits per heavy atom. The van der Waals surface area contributed by atoms with Gasteiger partial charge in [-0.2, -0.15) is 0 Å². The highest BCUT2D eigenvalue weighted by atomic mass is 35.5. The average molecular weight is 620 g/mol. The maximum atomic E-state index is 7.41. The summed E-state index contributed by atoms with van der Waals surface area (Å²) in [6, 6.07) is 0. The Balaban J connectivity index is 1.62. The third kappa shape index (κ3) is 1.89. The van der Waals surface area contributed by atoms with E-state index in [0.717, 1.165) is 6.42 Å². The molecule has 6 rings (SSSR count). The molecule has 4 nitrogen and oxygen atoms in total. The molecule has 0 aromatic carbocycles. The Labute approximate surface area is 232 Å². The lowest BCUT2D eigenvalue weighted by molar-refractivity contribution is -0.228. The molecule has 2 unspecified atom stereocenters. The van der Waals surface area contributed by atoms with E-state index in [1.807, 2.05) is 0 Å². The lowest BCUT2D eigenvalue weighted by atomic mass is 9.61. The van der Waals surface area contributed by atoms with Crippen molar-refractivity contribution in [2.75, 3.05) is 28.4 Å². The molecule has 0 heterocycles. The molecular formula is C21H20Cl8O4. The molecule has 0 aliphatic heterocycles. The summed E-state index contributed by atoms with van der Waals surface area (Å²) in [5.74, 6) is -4.28. The lowest BCUT2D eigenvalue weighted by Gasteiger charge is -2.48. The first kappa shape index (κ1) is 24.9. The van der Waals surface area contributed by atoms with Crippen molar-refractivity contribution in [2.24, 2.45) is 35.5 Å². The molecule has 0 N–H and O–H groups in total. The standard InChI is InChI=1S/C21H20Cl8O4/c1-30-20(31-2)16(26)8-6-5-7(9(8)17(20,27)13(23)12(16)22)11-10(6)18(28)14(24)15(25)19(11,29)21(18,32-3)33-4/h6-11H,5H2,1-4H3/t6?,7?,8-,9+,10+,11-,16-,17+,18+,19-. The maximum absolute atomic E-state index is 7.41. The predicted molar refractivity (Wildman–Crippen MR) is 131 cm³/mol. The minimum atomic E-state index is -1.49. The maximum Gasteiger partial charge on any atom is 0.217 e. The number of hydrogen-bond acceptors (Lipinski definition) is 4. The SMILES string of the molecule is COC1(OC)[C@@]2(Cl)C(Cl)=C(Cl)[C@]1(Cl)[C@@H]1C3CC([C@@H]4[C@H]3[C@]3(Cl)C(Cl)=C(Cl)[C@@]4(Cl)C3(OC)OC)[C@@H]12. The molecule has 0 aromatic heterocycles. The van der Waals surface area contributed by atoms with Crippen LogP contribution < -0.4 is 0 Å². The summed E-state index contributed by atoms with van der Waals surface area (Å²) in [6.45, 7) is 0. The van der Waals surface area contributed by atoms with Crippen molar-refractivity contribution in [3.63, 3.8) is 0 Å². The first-order chi connectivity index (χ1) is 15.3. The van der Waals surface area contributed by atoms with Crippen molar-refractivity contribution in [3.05, 3.63) is 20.1 Å². The van der Waals surface area contributed by atoms with E-state index in [1.165, 1.54) is 28.4 Å². The van der Waals surface area contributed by atoms with Gasteiger partial charge in [-0.15, -0.1) is 46.4 Å². The summed E-state index contributed by atoms with van der Waals surface area (Å²) < 4.78 is 23.7. The quantitative estimate of drug-likeness (QED) is 0.207. The number of alkyl halides is 4. The minimum absolute atomic E-state index is 0.104. The third-order valence-electron chi connectivity index (χ3n) is 9.73. The van der Waals surface area contributed by atoms with Crippen molar-refractivity contribution in [1.82, 2.24) is 0 Å². The van der Waals surface area contributed by atoms with Crippen LogP contribution in [0.1, 0.15) is 6.42 Å². The van der Waals surface area contributed by atoms with Gasteiger partial charge in [0.1, 0.15) is 19.5 Å². The van der Waals surface area contributed by atoms with E-state index < -0.39 is 31.1 Å². The minimum Gasteiger partial charge on any atom is -0.350 e. The van der Waals surface area contributed by atoms with Gasteiger partial charge in [0.15, 0.2) is 0 Å². The van der Waals surface area contributed by atoms with E-state index >= 15 is 0 Å². The first-order valence-electron chi connectivity index (χ1n) is 10.4. The highest BCUT2D eigenvalue weighted by molar-refractivity contribution is 6.53. The second kappa shape index (κ2) is 6.79. The average Bonchev–Trinajstić information content (AvgIpc) is 3.52. The molecule has 12 heteroatoms. The highest BCUT2D eigenvalue weighted by Gasteiger charge is 2.95. The van der Waals surface area contributed by atoms with Crippen LogP contribution >= 0.6 is 92.8 Å². The molecule has 0 saturated heterocycles. The van der Waals surface area contributed by atoms with Crippen molar-refractivity contribution < 1.29 is 18.9 Å². The number of fused-ring (bicyclic) bond motifs is 16. The summed E-state index contributed by atoms with van der Waals surface area (Å²) in [5.41, 5.74) is 0. The summed E-state index contributed by atoms with van der Waals surface area (Å²) in [6.07, 6.45) is 0.742. The van der Waals surface area contributed by atoms with Crippen molar-refractivity contribution in [3.8, 4) is 0 Å². The molecule has 0 aromatic rings. The largest absolute Gasteiger partial charge is 0.350 e. The lowest BCUT2D eigenvalue weighted by Crippen LogP contribution is -2.60. The van der Waals surface area contributed by atoms with Gasteiger partial charge in [-0.3, -0.25) is 0 Å². The summed E-state index contributed by atoms with van der Waals surface area (Å²) >= 11 is 56.8. The number of methoxy groups -OCH3 is 4. The zero-order valence-electron chi connectivity index (χ0n) is 17.8. The zero-order valence-corrected chi connectivity index (χ0v) is 23.9. The van der Waals surface area contributed by atoms with Gasteiger partial charge >= 0.3 is 0 Å². The Morgan fingerprint density at radius 2 is 0.727 bits per heavy atom. The highest BCUT2D eigenvalue weighted by Crippen LogP contribution is 2.88. The molecule has 184 valence electrons. The van der Waals surface area contributed by atoms with E-state index in [0.29, 0.717) is 0 Å². The normalized spacial score (nSPS) is 56.4. The van der Waals surface area contributed by atoms with Crippen molar-refractivity contribution in [1.29, 1.82) is 0 Å². The van der Waals surface area contributed by atoms with Gasteiger partial charge in [0.25, 0.3) is 0 Å². The first-order valence-corrected chi connectivity index (χ1v) is 13.5. The predicted octanol–water partition coefficient (Wildman–Crippen LogP) is 6.42. The van der Waals surface area contributed by atoms with Crippen LogP contribution in [0, 0.1) is 35.5 Å². The van der Waals surface area contributed by atoms with E-state index in [2.05, 4.69) is 0 Å². The number of rotatable bonds is 4. The van der Waals surface area contributed by atoms with Crippen LogP contribution in [-0.4, -0.2) is 59.5 Å². The number of hydrogen-bond donors (Lipinski definition) is 0. The molecule has 4 fully saturated rings. The zero-order chi connectivity index (χ0) is 24.3. The van der Waals surface area contributed by atoms with Gasteiger partial charge in [-0.05, 0) is 41.9 Å². The number of ether oxygens (including phenoxy) is 4. The van der Waals surface area contributed by atoms with Gasteiger partial charge in [0, 0.05) is 28.4 Å². The van der Waals surface area contributed by atoms with Gasteiger partial charge in [-0.1, -0.05) is 46.4 Å². The molecule has 0 amide bonds. The van der Waals surface area contributed by atoms with E-state index in [-0.39, 0.29) is 55.6 Å². The Hall–Kier alpha value is 1.64. The third-order valence-corrected chi connectivity index (χ3v) is 15.0. The van der Waals surface area contributed by atoms with Crippen LogP contribution in [0.2, 0.25) is 0 Å². The van der Waals surface area contributed by atoms with Gasteiger partial charge in [0.05, 0.1) is 20.1 Å². The van der Waals surface area contributed by atoms with Gasteiger partial charge in [-0.25, -0.2) is 0 Å². The summed E-state index contributed by atoms with van der Waals surface area (Å²) in [7, 11) is 5.97. The smallest absolute Gasteiger partial charge is 0.217 e. The van der Waals surface area contributed by atoms with Crippen LogP contribution in [0.5, 0.6) is 0 Å². The van der Waals surface area contributed by atoms with Crippen LogP contribution in [-0.2, 0) is 18.9 Å². The van der Waals surface area contributed by atoms with E-state index in [9.17, 15) is 0 Å². The van der Waals surface area contributed by atoms with E-state index in [4.69, 9.17) is 112 Å². The Kier molecular flexibility index (Phi) is 5.13. The molecular weight excluding hydrogens is 600 g/mol. The molecule has 4 saturated carbocycles. The molecule has 10 atom stereocenters. The van der Waals surface area contributed by atoms with Crippen LogP contribution in [0.25, 0.3) is 0 Å². The molecule has 6 bridgehead atoms. The van der Waals surface area contributed by atoms with E-state index in [1.54, 1.807) is 0 Å². The summed E-state index contributed by atoms with van der Waals surface area (Å²) in [5, 5.41) is 0.914. The Bertz CT molecular complexity index is 893. The van der Waals surface area contributed by atoms with Gasteiger partial charge in [0.2, 0.25) is 11.6 Å². The fourth-order valence-electron chi connectivity index (χ4n) is 9.15. The second-order valence-electron chi connectivity index (χ2n) is 9.82. The fraction of sp³-hybridized carbons (Fsp3) is 0.810. The van der Waals surface area contributed by atoms with Crippen LogP contribution in [0.4, 0.5) is 0 Å². The van der Waals surface area contributed by atoms with Crippen molar-refractivity contribution in [2.45, 2.75) is 37.5 Å². The fourth-order valence-corrected chi connectivity index (χ4v) is 13.8. The topological polar surface area (TPSA) is 36.9 Å². The molecule has 0 radical (unpaired) electrons. The van der Waals surface area contributed by atoms with Crippen LogP contribution in [0.15, 0.2) is 20.1 Å². The molecule has 33 heavy (non-hydrogen) atoms. The number of halogens is 8. The molecule has 6 aliphatic rings.